The number of carbonyl (C=O) groups excluding carboxylic acids is 1. The molecule has 0 spiro atoms. The predicted molar refractivity (Wildman–Crippen MR) is 111 cm³/mol. The minimum absolute atomic E-state index is 0.158. The number of para-hydroxylation sites is 1. The van der Waals surface area contributed by atoms with E-state index < -0.39 is 0 Å². The van der Waals surface area contributed by atoms with Crippen molar-refractivity contribution in [1.29, 1.82) is 0 Å². The number of piperidine rings is 1. The van der Waals surface area contributed by atoms with Gasteiger partial charge in [-0.1, -0.05) is 55.5 Å². The summed E-state index contributed by atoms with van der Waals surface area (Å²) in [6.07, 6.45) is 7.00. The van der Waals surface area contributed by atoms with E-state index >= 15 is 0 Å². The number of likely N-dealkylation sites (tertiary alicyclic amines) is 1. The monoisotopic (exact) mass is 358 g/mol. The van der Waals surface area contributed by atoms with Crippen LogP contribution in [-0.4, -0.2) is 35.0 Å². The van der Waals surface area contributed by atoms with Gasteiger partial charge in [0, 0.05) is 37.0 Å². The highest BCUT2D eigenvalue weighted by atomic mass is 16.1. The van der Waals surface area contributed by atoms with Crippen molar-refractivity contribution >= 4 is 16.8 Å². The number of aromatic nitrogens is 1. The molecule has 0 atom stereocenters. The zero-order valence-corrected chi connectivity index (χ0v) is 15.9. The lowest BCUT2D eigenvalue weighted by Gasteiger charge is -2.31. The Labute approximate surface area is 161 Å². The highest BCUT2D eigenvalue weighted by molar-refractivity contribution is 5.94. The van der Waals surface area contributed by atoms with Crippen molar-refractivity contribution in [3.63, 3.8) is 0 Å². The maximum Gasteiger partial charge on any atom is 0.230 e. The van der Waals surface area contributed by atoms with Crippen molar-refractivity contribution in [2.24, 2.45) is 0 Å². The van der Waals surface area contributed by atoms with Crippen LogP contribution in [0.1, 0.15) is 35.7 Å². The molecule has 0 unspecified atom stereocenters. The molecular formula is C24H26N2O. The summed E-state index contributed by atoms with van der Waals surface area (Å²) < 4.78 is 1.83. The molecule has 1 saturated heterocycles. The Balaban J connectivity index is 1.40. The molecule has 0 amide bonds. The van der Waals surface area contributed by atoms with Crippen molar-refractivity contribution in [2.75, 3.05) is 19.6 Å². The van der Waals surface area contributed by atoms with E-state index in [1.807, 2.05) is 29.8 Å². The standard InChI is InChI=1S/C24H26N2O/c1-2-24(27)26-18-21(22-10-6-7-11-23(22)26)14-17-25-15-12-20(13-16-25)19-8-4-3-5-9-19/h3-12,18H,2,13-17H2,1H3. The molecule has 0 saturated carbocycles. The summed E-state index contributed by atoms with van der Waals surface area (Å²) in [7, 11) is 0. The lowest BCUT2D eigenvalue weighted by molar-refractivity contribution is 0.0914. The van der Waals surface area contributed by atoms with Gasteiger partial charge in [0.1, 0.15) is 0 Å². The van der Waals surface area contributed by atoms with Gasteiger partial charge < -0.3 is 4.90 Å². The lowest BCUT2D eigenvalue weighted by atomic mass is 9.89. The number of fused-ring (bicyclic) bond motifs is 1. The van der Waals surface area contributed by atoms with Crippen molar-refractivity contribution < 1.29 is 4.79 Å². The lowest BCUT2D eigenvalue weighted by Crippen LogP contribution is -2.35. The van der Waals surface area contributed by atoms with Crippen LogP contribution in [0.4, 0.5) is 0 Å². The van der Waals surface area contributed by atoms with Crippen molar-refractivity contribution in [3.8, 4) is 0 Å². The van der Waals surface area contributed by atoms with Gasteiger partial charge >= 0.3 is 0 Å². The first kappa shape index (κ1) is 18.0. The molecule has 0 N–H and O–H groups in total. The molecule has 0 bridgehead atoms. The zero-order valence-electron chi connectivity index (χ0n) is 15.9. The van der Waals surface area contributed by atoms with Gasteiger partial charge in [0.2, 0.25) is 5.91 Å². The van der Waals surface area contributed by atoms with Gasteiger partial charge in [0.05, 0.1) is 5.52 Å². The first-order chi connectivity index (χ1) is 13.3. The van der Waals surface area contributed by atoms with Crippen LogP contribution in [-0.2, 0) is 6.42 Å². The van der Waals surface area contributed by atoms with Gasteiger partial charge in [0.15, 0.2) is 0 Å². The van der Waals surface area contributed by atoms with Crippen LogP contribution in [0.3, 0.4) is 0 Å². The van der Waals surface area contributed by atoms with E-state index in [9.17, 15) is 4.79 Å². The van der Waals surface area contributed by atoms with Crippen LogP contribution in [0.15, 0.2) is 60.8 Å². The summed E-state index contributed by atoms with van der Waals surface area (Å²) in [5.74, 6) is 1.61. The maximum atomic E-state index is 12.3. The summed E-state index contributed by atoms with van der Waals surface area (Å²) in [4.78, 5) is 14.8. The van der Waals surface area contributed by atoms with Crippen molar-refractivity contribution in [2.45, 2.75) is 26.2 Å². The minimum Gasteiger partial charge on any atom is -0.303 e. The van der Waals surface area contributed by atoms with Gasteiger partial charge in [-0.25, -0.2) is 0 Å². The summed E-state index contributed by atoms with van der Waals surface area (Å²) in [5, 5.41) is 1.21. The van der Waals surface area contributed by atoms with Gasteiger partial charge in [-0.15, -0.1) is 0 Å². The van der Waals surface area contributed by atoms with E-state index in [1.54, 1.807) is 0 Å². The largest absolute Gasteiger partial charge is 0.303 e. The molecule has 27 heavy (non-hydrogen) atoms. The van der Waals surface area contributed by atoms with Crippen LogP contribution in [0.2, 0.25) is 0 Å². The molecule has 1 aliphatic rings. The molecule has 1 fully saturated rings. The number of hydrogen-bond acceptors (Lipinski definition) is 2. The first-order valence-corrected chi connectivity index (χ1v) is 9.85. The fourth-order valence-corrected chi connectivity index (χ4v) is 3.93. The van der Waals surface area contributed by atoms with Crippen LogP contribution < -0.4 is 0 Å². The van der Waals surface area contributed by atoms with Gasteiger partial charge in [-0.2, -0.15) is 0 Å². The van der Waals surface area contributed by atoms with E-state index in [4.69, 9.17) is 0 Å². The second-order valence-corrected chi connectivity index (χ2v) is 7.18. The first-order valence-electron chi connectivity index (χ1n) is 9.85. The van der Waals surface area contributed by atoms with E-state index in [2.05, 4.69) is 53.8 Å². The third-order valence-electron chi connectivity index (χ3n) is 5.50. The normalized spacial score (nSPS) is 16.0. The van der Waals surface area contributed by atoms with E-state index in [-0.39, 0.29) is 5.91 Å². The quantitative estimate of drug-likeness (QED) is 0.657. The Morgan fingerprint density at radius 3 is 2.56 bits per heavy atom. The highest BCUT2D eigenvalue weighted by Crippen LogP contribution is 2.27. The number of hydrogen-bond donors (Lipinski definition) is 0. The molecule has 2 radical (unpaired) electrons. The second kappa shape index (κ2) is 8.10. The topological polar surface area (TPSA) is 25.2 Å². The number of carbonyl (C=O) groups is 1. The molecule has 1 aromatic heterocycles. The molecule has 0 aliphatic carbocycles. The number of benzene rings is 2. The van der Waals surface area contributed by atoms with E-state index in [0.29, 0.717) is 6.42 Å². The SMILES string of the molecule is CCC(=O)n1cc(CCN2C[CH][C](c3ccccc3)CC2)c2ccccc21. The Kier molecular flexibility index (Phi) is 5.40. The Morgan fingerprint density at radius 1 is 1.04 bits per heavy atom. The fraction of sp³-hybridized carbons (Fsp3) is 0.292. The number of nitrogens with zero attached hydrogens (tertiary/aromatic N) is 2. The van der Waals surface area contributed by atoms with Crippen molar-refractivity contribution in [3.05, 3.63) is 84.3 Å². The average Bonchev–Trinajstić information content (AvgIpc) is 3.11. The van der Waals surface area contributed by atoms with Crippen molar-refractivity contribution in [1.82, 2.24) is 9.47 Å². The predicted octanol–water partition coefficient (Wildman–Crippen LogP) is 4.77. The molecule has 2 aromatic carbocycles. The van der Waals surface area contributed by atoms with E-state index in [1.165, 1.54) is 22.4 Å². The maximum absolute atomic E-state index is 12.3. The molecule has 4 rings (SSSR count). The second-order valence-electron chi connectivity index (χ2n) is 7.18. The molecule has 1 aliphatic heterocycles. The van der Waals surface area contributed by atoms with Gasteiger partial charge in [-0.05, 0) is 43.0 Å². The zero-order chi connectivity index (χ0) is 18.6. The molecule has 3 aromatic rings. The summed E-state index contributed by atoms with van der Waals surface area (Å²) in [6, 6.07) is 18.9. The molecule has 138 valence electrons. The van der Waals surface area contributed by atoms with Crippen LogP contribution in [0, 0.1) is 12.3 Å². The smallest absolute Gasteiger partial charge is 0.230 e. The third-order valence-corrected chi connectivity index (χ3v) is 5.50. The summed E-state index contributed by atoms with van der Waals surface area (Å²) in [5.41, 5.74) is 3.65. The summed E-state index contributed by atoms with van der Waals surface area (Å²) >= 11 is 0. The van der Waals surface area contributed by atoms with Gasteiger partial charge in [0.25, 0.3) is 0 Å². The Bertz CT molecular complexity index is 905. The van der Waals surface area contributed by atoms with E-state index in [0.717, 1.165) is 38.0 Å². The van der Waals surface area contributed by atoms with Crippen LogP contribution in [0.5, 0.6) is 0 Å². The summed E-state index contributed by atoms with van der Waals surface area (Å²) in [6.45, 7) is 5.03. The number of rotatable bonds is 5. The Morgan fingerprint density at radius 2 is 1.81 bits per heavy atom. The minimum atomic E-state index is 0.158. The third kappa shape index (κ3) is 3.84. The molecular weight excluding hydrogens is 332 g/mol. The Hall–Kier alpha value is -2.39. The van der Waals surface area contributed by atoms with Crippen LogP contribution in [0.25, 0.3) is 10.9 Å². The molecule has 2 heterocycles. The highest BCUT2D eigenvalue weighted by Gasteiger charge is 2.21. The molecule has 3 nitrogen and oxygen atoms in total. The van der Waals surface area contributed by atoms with Gasteiger partial charge in [-0.3, -0.25) is 9.36 Å². The van der Waals surface area contributed by atoms with Crippen LogP contribution >= 0.6 is 0 Å². The fourth-order valence-electron chi connectivity index (χ4n) is 3.93. The average molecular weight is 358 g/mol. The molecule has 3 heteroatoms.